The van der Waals surface area contributed by atoms with Crippen LogP contribution in [-0.2, 0) is 16.5 Å². The molecule has 0 saturated heterocycles. The van der Waals surface area contributed by atoms with Crippen molar-refractivity contribution < 1.29 is 16.5 Å². The Morgan fingerprint density at radius 1 is 0.302 bits per heavy atom. The van der Waals surface area contributed by atoms with Crippen LogP contribution in [0, 0.1) is 0 Å². The molecule has 258 valence electrons. The number of fused-ring (bicyclic) bond motifs is 8. The third kappa shape index (κ3) is 6.76. The molecule has 0 N–H and O–H groups in total. The largest absolute Gasteiger partial charge is 2.00 e. The molecule has 4 aromatic carbocycles. The summed E-state index contributed by atoms with van der Waals surface area (Å²) >= 11 is 25.4. The van der Waals surface area contributed by atoms with Crippen molar-refractivity contribution >= 4 is 92.8 Å². The second-order valence-electron chi connectivity index (χ2n) is 12.4. The summed E-state index contributed by atoms with van der Waals surface area (Å²) in [6.45, 7) is 0. The van der Waals surface area contributed by atoms with E-state index in [1.165, 1.54) is 0 Å². The van der Waals surface area contributed by atoms with Gasteiger partial charge >= 0.3 is 16.5 Å². The Bertz CT molecular complexity index is 2370. The Balaban J connectivity index is 0.00000400. The molecule has 0 atom stereocenters. The topological polar surface area (TPSA) is 54.0 Å². The summed E-state index contributed by atoms with van der Waals surface area (Å²) in [5.74, 6) is 0. The van der Waals surface area contributed by atoms with Crippen LogP contribution in [0.25, 0.3) is 90.9 Å². The minimum Gasteiger partial charge on any atom is -0.657 e. The number of halogens is 4. The van der Waals surface area contributed by atoms with Crippen LogP contribution in [0.15, 0.2) is 121 Å². The second kappa shape index (κ2) is 14.5. The summed E-state index contributed by atoms with van der Waals surface area (Å²) < 4.78 is 0. The number of hydrogen-bond donors (Lipinski definition) is 0. The van der Waals surface area contributed by atoms with Crippen LogP contribution in [-0.4, -0.2) is 9.97 Å². The molecule has 5 heterocycles. The van der Waals surface area contributed by atoms with Crippen LogP contribution >= 0.6 is 46.4 Å². The quantitative estimate of drug-likeness (QED) is 0.166. The first-order valence-corrected chi connectivity index (χ1v) is 18.0. The second-order valence-corrected chi connectivity index (χ2v) is 14.1. The van der Waals surface area contributed by atoms with Crippen LogP contribution in [0.4, 0.5) is 0 Å². The molecule has 4 nitrogen and oxygen atoms in total. The molecule has 0 radical (unpaired) electrons. The van der Waals surface area contributed by atoms with Gasteiger partial charge in [0.15, 0.2) is 0 Å². The van der Waals surface area contributed by atoms with Gasteiger partial charge in [0.1, 0.15) is 0 Å². The van der Waals surface area contributed by atoms with Gasteiger partial charge in [-0.05, 0) is 117 Å². The molecule has 53 heavy (non-hydrogen) atoms. The van der Waals surface area contributed by atoms with Gasteiger partial charge < -0.3 is 9.97 Å². The summed E-state index contributed by atoms with van der Waals surface area (Å²) in [6, 6.07) is 39.2. The molecular weight excluding hydrogens is 785 g/mol. The van der Waals surface area contributed by atoms with Crippen LogP contribution in [0.5, 0.6) is 0 Å². The van der Waals surface area contributed by atoms with Crippen molar-refractivity contribution in [3.8, 4) is 44.5 Å². The summed E-state index contributed by atoms with van der Waals surface area (Å²) in [7, 11) is 0. The molecule has 8 bridgehead atoms. The monoisotopic (exact) mass is 806 g/mol. The predicted octanol–water partition coefficient (Wildman–Crippen LogP) is 13.2. The third-order valence-corrected chi connectivity index (χ3v) is 10.1. The average Bonchev–Trinajstić information content (AvgIpc) is 3.99. The van der Waals surface area contributed by atoms with Crippen molar-refractivity contribution in [2.45, 2.75) is 0 Å². The Morgan fingerprint density at radius 2 is 0.509 bits per heavy atom. The molecule has 2 aliphatic heterocycles. The van der Waals surface area contributed by atoms with Gasteiger partial charge in [-0.1, -0.05) is 119 Å². The maximum atomic E-state index is 6.36. The SMILES string of the molecule is Clc1ccc(-c2c3nc(c(-c4ccc(Cl)cc4)c4ccc([n-]4)c(-c4ccc(Cl)cc4)c4nc(c(-c5ccc(Cl)cc5)c5ccc2[n-]5)C=C4)C=C3)cc1.[Ni+2]. The molecule has 0 aliphatic carbocycles. The van der Waals surface area contributed by atoms with E-state index in [9.17, 15) is 0 Å². The molecule has 0 fully saturated rings. The van der Waals surface area contributed by atoms with E-state index in [1.54, 1.807) is 0 Å². The molecule has 0 spiro atoms. The molecule has 0 unspecified atom stereocenters. The molecule has 2 aliphatic rings. The first-order chi connectivity index (χ1) is 25.4. The van der Waals surface area contributed by atoms with E-state index in [4.69, 9.17) is 66.3 Å². The number of aromatic nitrogens is 4. The number of rotatable bonds is 4. The van der Waals surface area contributed by atoms with Gasteiger partial charge in [-0.15, -0.1) is 22.1 Å². The van der Waals surface area contributed by atoms with Crippen molar-refractivity contribution in [3.05, 3.63) is 164 Å². The van der Waals surface area contributed by atoms with Gasteiger partial charge in [-0.2, -0.15) is 0 Å². The average molecular weight is 809 g/mol. The predicted molar refractivity (Wildman–Crippen MR) is 219 cm³/mol. The van der Waals surface area contributed by atoms with Gasteiger partial charge in [0.25, 0.3) is 0 Å². The van der Waals surface area contributed by atoms with Crippen LogP contribution in [0.3, 0.4) is 0 Å². The first kappa shape index (κ1) is 35.2. The fraction of sp³-hybridized carbons (Fsp3) is 0. The molecule has 7 aromatic rings. The molecule has 9 rings (SSSR count). The van der Waals surface area contributed by atoms with Crippen molar-refractivity contribution in [2.75, 3.05) is 0 Å². The van der Waals surface area contributed by atoms with E-state index >= 15 is 0 Å². The molecule has 3 aromatic heterocycles. The number of nitrogens with zero attached hydrogens (tertiary/aromatic N) is 4. The summed E-state index contributed by atoms with van der Waals surface area (Å²) in [5, 5.41) is 2.58. The fourth-order valence-electron chi connectivity index (χ4n) is 6.74. The molecule has 0 amide bonds. The summed E-state index contributed by atoms with van der Waals surface area (Å²) in [4.78, 5) is 21.1. The van der Waals surface area contributed by atoms with E-state index in [2.05, 4.69) is 0 Å². The Morgan fingerprint density at radius 3 is 0.717 bits per heavy atom. The summed E-state index contributed by atoms with van der Waals surface area (Å²) in [6.07, 6.45) is 8.13. The van der Waals surface area contributed by atoms with Gasteiger partial charge in [-0.25, -0.2) is 9.97 Å². The Kier molecular flexibility index (Phi) is 9.63. The van der Waals surface area contributed by atoms with E-state index in [1.807, 2.05) is 146 Å². The number of hydrogen-bond acceptors (Lipinski definition) is 2. The molecule has 9 heteroatoms. The molecular formula is C44H24Cl4N4Ni. The van der Waals surface area contributed by atoms with Crippen LogP contribution in [0.1, 0.15) is 22.8 Å². The smallest absolute Gasteiger partial charge is 0.657 e. The standard InChI is InChI=1S/C44H24Cl4N4.Ni/c45-29-9-1-25(2-10-29)41-33-17-19-35(49-33)42(26-3-11-30(46)12-4-26)37-21-23-39(51-37)44(28-7-15-32(48)16-8-28)40-24-22-38(52-40)43(36-20-18-34(41)50-36)27-5-13-31(47)14-6-27;/h1-24H;/q-2;+2. The minimum atomic E-state index is 0. The van der Waals surface area contributed by atoms with Gasteiger partial charge in [0.2, 0.25) is 0 Å². The van der Waals surface area contributed by atoms with E-state index in [0.29, 0.717) is 20.1 Å². The van der Waals surface area contributed by atoms with Crippen LogP contribution < -0.4 is 9.97 Å². The number of benzene rings is 4. The van der Waals surface area contributed by atoms with Crippen molar-refractivity contribution in [1.29, 1.82) is 0 Å². The van der Waals surface area contributed by atoms with Crippen molar-refractivity contribution in [3.63, 3.8) is 0 Å². The van der Waals surface area contributed by atoms with Gasteiger partial charge in [0.05, 0.1) is 22.8 Å². The third-order valence-electron chi connectivity index (χ3n) is 9.14. The maximum absolute atomic E-state index is 6.36. The Hall–Kier alpha value is -4.87. The fourth-order valence-corrected chi connectivity index (χ4v) is 7.24. The normalized spacial score (nSPS) is 11.8. The Labute approximate surface area is 335 Å². The maximum Gasteiger partial charge on any atom is 2.00 e. The zero-order chi connectivity index (χ0) is 35.3. The van der Waals surface area contributed by atoms with Crippen molar-refractivity contribution in [2.24, 2.45) is 0 Å². The molecule has 0 saturated carbocycles. The van der Waals surface area contributed by atoms with Crippen LogP contribution in [0.2, 0.25) is 20.1 Å². The van der Waals surface area contributed by atoms with Gasteiger partial charge in [-0.3, -0.25) is 0 Å². The van der Waals surface area contributed by atoms with E-state index in [-0.39, 0.29) is 16.5 Å². The zero-order valence-electron chi connectivity index (χ0n) is 27.5. The van der Waals surface area contributed by atoms with Crippen molar-refractivity contribution in [1.82, 2.24) is 19.9 Å². The summed E-state index contributed by atoms with van der Waals surface area (Å²) in [5.41, 5.74) is 13.4. The first-order valence-electron chi connectivity index (χ1n) is 16.5. The van der Waals surface area contributed by atoms with E-state index in [0.717, 1.165) is 89.4 Å². The van der Waals surface area contributed by atoms with Gasteiger partial charge in [0, 0.05) is 20.1 Å². The minimum absolute atomic E-state index is 0. The zero-order valence-corrected chi connectivity index (χ0v) is 31.5. The van der Waals surface area contributed by atoms with E-state index < -0.39 is 0 Å².